The fourth-order valence-electron chi connectivity index (χ4n) is 4.01. The number of rotatable bonds is 6. The van der Waals surface area contributed by atoms with E-state index in [9.17, 15) is 14.4 Å². The van der Waals surface area contributed by atoms with Gasteiger partial charge in [-0.05, 0) is 55.0 Å². The Morgan fingerprint density at radius 2 is 1.71 bits per heavy atom. The molecule has 2 aromatic rings. The molecule has 34 heavy (non-hydrogen) atoms. The highest BCUT2D eigenvalue weighted by Gasteiger charge is 2.37. The number of nitrogens with one attached hydrogen (secondary N) is 1. The average molecular weight is 463 g/mol. The number of carbonyl (C=O) groups excluding carboxylic acids is 3. The molecule has 1 unspecified atom stereocenters. The number of nitrogens with two attached hydrogens (primary N) is 1. The Bertz CT molecular complexity index is 1140. The number of nitrogens with zero attached hydrogens (tertiary/aromatic N) is 3. The maximum absolute atomic E-state index is 13.5. The summed E-state index contributed by atoms with van der Waals surface area (Å²) in [6, 6.07) is 13.9. The maximum atomic E-state index is 13.5. The third-order valence-electron chi connectivity index (χ3n) is 5.83. The Morgan fingerprint density at radius 3 is 2.29 bits per heavy atom. The van der Waals surface area contributed by atoms with Crippen molar-refractivity contribution in [1.82, 2.24) is 0 Å². The second kappa shape index (κ2) is 9.84. The molecule has 2 saturated heterocycles. The van der Waals surface area contributed by atoms with E-state index in [1.54, 1.807) is 65.4 Å². The molecule has 10 heteroatoms. The van der Waals surface area contributed by atoms with E-state index >= 15 is 0 Å². The molecule has 2 fully saturated rings. The van der Waals surface area contributed by atoms with Crippen LogP contribution in [0.5, 0.6) is 5.75 Å². The number of methoxy groups -OCH3 is 1. The number of piperidine rings is 1. The van der Waals surface area contributed by atoms with E-state index in [4.69, 9.17) is 20.6 Å². The number of morpholine rings is 1. The van der Waals surface area contributed by atoms with Crippen molar-refractivity contribution < 1.29 is 23.9 Å². The predicted octanol–water partition coefficient (Wildman–Crippen LogP) is 1.69. The van der Waals surface area contributed by atoms with Crippen LogP contribution in [0.15, 0.2) is 53.5 Å². The average Bonchev–Trinajstić information content (AvgIpc) is 2.85. The van der Waals surface area contributed by atoms with Crippen molar-refractivity contribution in [3.63, 3.8) is 0 Å². The van der Waals surface area contributed by atoms with Gasteiger partial charge in [0.2, 0.25) is 0 Å². The van der Waals surface area contributed by atoms with Crippen LogP contribution in [0.1, 0.15) is 6.42 Å². The lowest BCUT2D eigenvalue weighted by molar-refractivity contribution is -0.125. The topological polar surface area (TPSA) is 138 Å². The summed E-state index contributed by atoms with van der Waals surface area (Å²) < 4.78 is 10.3. The van der Waals surface area contributed by atoms with Gasteiger partial charge in [-0.15, -0.1) is 0 Å². The summed E-state index contributed by atoms with van der Waals surface area (Å²) in [6.07, 6.45) is 0.326. The third kappa shape index (κ3) is 4.67. The highest BCUT2D eigenvalue weighted by molar-refractivity contribution is 6.54. The van der Waals surface area contributed by atoms with Crippen molar-refractivity contribution in [3.05, 3.63) is 48.5 Å². The fourth-order valence-corrected chi connectivity index (χ4v) is 4.01. The number of benzene rings is 2. The molecule has 4 rings (SSSR count). The van der Waals surface area contributed by atoms with Gasteiger partial charge in [0.05, 0.1) is 25.3 Å². The van der Waals surface area contributed by atoms with E-state index in [-0.39, 0.29) is 30.5 Å². The molecule has 2 aliphatic rings. The number of hydrogen-bond donors (Lipinski definition) is 2. The largest absolute Gasteiger partial charge is 0.497 e. The van der Waals surface area contributed by atoms with Gasteiger partial charge in [0, 0.05) is 24.5 Å². The number of aliphatic imine (C=N–C) groups is 1. The Balaban J connectivity index is 1.63. The molecule has 2 heterocycles. The van der Waals surface area contributed by atoms with Gasteiger partial charge in [-0.2, -0.15) is 0 Å². The number of anilines is 2. The predicted molar refractivity (Wildman–Crippen MR) is 127 cm³/mol. The van der Waals surface area contributed by atoms with Crippen LogP contribution in [0.2, 0.25) is 0 Å². The van der Waals surface area contributed by atoms with Crippen LogP contribution in [0, 0.1) is 11.3 Å². The zero-order valence-corrected chi connectivity index (χ0v) is 18.7. The van der Waals surface area contributed by atoms with Crippen LogP contribution in [0.25, 0.3) is 0 Å². The normalized spacial score (nSPS) is 19.9. The Labute approximate surface area is 196 Å². The lowest BCUT2D eigenvalue weighted by Crippen LogP contribution is -2.50. The molecule has 0 spiro atoms. The van der Waals surface area contributed by atoms with Crippen LogP contribution in [0.4, 0.5) is 17.1 Å². The first-order chi connectivity index (χ1) is 16.4. The summed E-state index contributed by atoms with van der Waals surface area (Å²) >= 11 is 0. The molecule has 1 atom stereocenters. The number of ether oxygens (including phenoxy) is 2. The molecule has 0 bridgehead atoms. The van der Waals surface area contributed by atoms with E-state index in [2.05, 4.69) is 4.99 Å². The van der Waals surface area contributed by atoms with Crippen molar-refractivity contribution in [2.75, 3.05) is 43.2 Å². The lowest BCUT2D eigenvalue weighted by Gasteiger charge is -2.33. The van der Waals surface area contributed by atoms with Gasteiger partial charge in [0.15, 0.2) is 0 Å². The van der Waals surface area contributed by atoms with Crippen LogP contribution in [-0.4, -0.2) is 62.6 Å². The minimum Gasteiger partial charge on any atom is -0.497 e. The highest BCUT2D eigenvalue weighted by atomic mass is 16.5. The first kappa shape index (κ1) is 23.1. The van der Waals surface area contributed by atoms with Crippen LogP contribution in [-0.2, 0) is 19.1 Å². The number of amides is 3. The van der Waals surface area contributed by atoms with Gasteiger partial charge in [0.25, 0.3) is 17.7 Å². The summed E-state index contributed by atoms with van der Waals surface area (Å²) in [5.74, 6) is -1.56. The summed E-state index contributed by atoms with van der Waals surface area (Å²) in [5, 5.41) is 8.13. The Kier molecular flexibility index (Phi) is 6.69. The summed E-state index contributed by atoms with van der Waals surface area (Å²) in [6.45, 7) is 1.27. The summed E-state index contributed by atoms with van der Waals surface area (Å²) in [5.41, 5.74) is 6.92. The fraction of sp³-hybridized carbons (Fsp3) is 0.292. The van der Waals surface area contributed by atoms with E-state index in [1.165, 1.54) is 0 Å². The molecule has 2 aromatic carbocycles. The third-order valence-corrected chi connectivity index (χ3v) is 5.83. The molecule has 3 N–H and O–H groups in total. The van der Waals surface area contributed by atoms with Crippen molar-refractivity contribution >= 4 is 46.2 Å². The van der Waals surface area contributed by atoms with Crippen LogP contribution < -0.4 is 20.3 Å². The summed E-state index contributed by atoms with van der Waals surface area (Å²) in [4.78, 5) is 45.0. The van der Waals surface area contributed by atoms with Gasteiger partial charge >= 0.3 is 0 Å². The monoisotopic (exact) mass is 463 g/mol. The second-order valence-electron chi connectivity index (χ2n) is 7.89. The van der Waals surface area contributed by atoms with Gasteiger partial charge in [-0.3, -0.25) is 19.8 Å². The molecule has 3 amide bonds. The van der Waals surface area contributed by atoms with Gasteiger partial charge in [-0.25, -0.2) is 4.99 Å². The van der Waals surface area contributed by atoms with E-state index in [0.717, 1.165) is 5.69 Å². The second-order valence-corrected chi connectivity index (χ2v) is 7.89. The zero-order valence-electron chi connectivity index (χ0n) is 18.7. The molecule has 0 aliphatic carbocycles. The maximum Gasteiger partial charge on any atom is 0.273 e. The van der Waals surface area contributed by atoms with Crippen molar-refractivity contribution in [3.8, 4) is 5.75 Å². The molecule has 2 aliphatic heterocycles. The minimum absolute atomic E-state index is 0.0464. The minimum atomic E-state index is -0.881. The van der Waals surface area contributed by atoms with Crippen molar-refractivity contribution in [2.24, 2.45) is 16.6 Å². The molecule has 0 radical (unpaired) electrons. The first-order valence-electron chi connectivity index (χ1n) is 10.8. The van der Waals surface area contributed by atoms with E-state index in [1.807, 2.05) is 0 Å². The van der Waals surface area contributed by atoms with Crippen molar-refractivity contribution in [2.45, 2.75) is 6.42 Å². The van der Waals surface area contributed by atoms with Gasteiger partial charge < -0.3 is 25.0 Å². The van der Waals surface area contributed by atoms with E-state index < -0.39 is 17.7 Å². The number of primary amides is 1. The van der Waals surface area contributed by atoms with Crippen LogP contribution in [0.3, 0.4) is 0 Å². The zero-order chi connectivity index (χ0) is 24.2. The highest BCUT2D eigenvalue weighted by Crippen LogP contribution is 2.28. The number of hydrogen-bond acceptors (Lipinski definition) is 7. The molecule has 10 nitrogen and oxygen atoms in total. The standard InChI is InChI=1S/C24H25N5O5/c1-33-18-8-2-15(3-9-18)27-22-19(21(25)23(26)31)10-11-29(24(22)32)17-6-4-16(5-7-17)28-12-13-34-14-20(28)30/h2-9,19,25H,10-14H2,1H3,(H2,26,31). The first-order valence-corrected chi connectivity index (χ1v) is 10.8. The van der Waals surface area contributed by atoms with E-state index in [0.29, 0.717) is 36.7 Å². The van der Waals surface area contributed by atoms with Crippen molar-refractivity contribution in [1.29, 1.82) is 5.41 Å². The Hall–Kier alpha value is -4.05. The molecule has 0 saturated carbocycles. The van der Waals surface area contributed by atoms with Crippen LogP contribution >= 0.6 is 0 Å². The lowest BCUT2D eigenvalue weighted by atomic mass is 9.88. The SMILES string of the molecule is COc1ccc(N=C2C(=O)N(c3ccc(N4CCOCC4=O)cc3)CCC2C(=N)C(N)=O)cc1. The summed E-state index contributed by atoms with van der Waals surface area (Å²) in [7, 11) is 1.55. The molecular formula is C24H25N5O5. The molecular weight excluding hydrogens is 438 g/mol. The molecule has 0 aromatic heterocycles. The Morgan fingerprint density at radius 1 is 1.06 bits per heavy atom. The number of carbonyl (C=O) groups is 3. The van der Waals surface area contributed by atoms with Gasteiger partial charge in [0.1, 0.15) is 23.8 Å². The van der Waals surface area contributed by atoms with Gasteiger partial charge in [-0.1, -0.05) is 0 Å². The quantitative estimate of drug-likeness (QED) is 0.628. The molecule has 176 valence electrons. The smallest absolute Gasteiger partial charge is 0.273 e.